The van der Waals surface area contributed by atoms with Crippen LogP contribution in [0.3, 0.4) is 0 Å². The third-order valence-electron chi connectivity index (χ3n) is 4.60. The molecule has 124 valence electrons. The fraction of sp³-hybridized carbons (Fsp3) is 0.556. The number of benzene rings is 1. The van der Waals surface area contributed by atoms with Gasteiger partial charge in [-0.15, -0.1) is 0 Å². The molecule has 0 spiro atoms. The lowest BCUT2D eigenvalue weighted by molar-refractivity contribution is -0.151. The number of rotatable bonds is 4. The number of carbonyl (C=O) groups is 2. The van der Waals surface area contributed by atoms with Crippen molar-refractivity contribution in [3.8, 4) is 0 Å². The van der Waals surface area contributed by atoms with E-state index in [-0.39, 0.29) is 6.61 Å². The van der Waals surface area contributed by atoms with Gasteiger partial charge in [0.05, 0.1) is 12.3 Å². The Morgan fingerprint density at radius 1 is 1.13 bits per heavy atom. The molecule has 5 nitrogen and oxygen atoms in total. The molecule has 1 unspecified atom stereocenters. The molecule has 2 aliphatic carbocycles. The molecule has 23 heavy (non-hydrogen) atoms. The minimum Gasteiger partial charge on any atom is -0.463 e. The van der Waals surface area contributed by atoms with E-state index in [2.05, 4.69) is 11.4 Å². The smallest absolute Gasteiger partial charge is 0.412 e. The van der Waals surface area contributed by atoms with Crippen molar-refractivity contribution in [2.24, 2.45) is 0 Å². The van der Waals surface area contributed by atoms with Gasteiger partial charge in [0.2, 0.25) is 0 Å². The second-order valence-electron chi connectivity index (χ2n) is 6.16. The van der Waals surface area contributed by atoms with Crippen molar-refractivity contribution in [3.05, 3.63) is 28.3 Å². The van der Waals surface area contributed by atoms with E-state index in [1.165, 1.54) is 29.2 Å². The Labute approximate surface area is 136 Å². The van der Waals surface area contributed by atoms with Gasteiger partial charge in [-0.25, -0.2) is 9.59 Å². The maximum Gasteiger partial charge on any atom is 0.412 e. The monoisotopic (exact) mass is 317 g/mol. The summed E-state index contributed by atoms with van der Waals surface area (Å²) in [6.45, 7) is 3.52. The van der Waals surface area contributed by atoms with Crippen molar-refractivity contribution in [2.45, 2.75) is 58.5 Å². The van der Waals surface area contributed by atoms with Crippen molar-refractivity contribution in [1.29, 1.82) is 0 Å². The van der Waals surface area contributed by atoms with Crippen LogP contribution in [0.1, 0.15) is 48.9 Å². The van der Waals surface area contributed by atoms with Crippen LogP contribution in [0.4, 0.5) is 10.5 Å². The predicted molar refractivity (Wildman–Crippen MR) is 86.7 cm³/mol. The molecule has 0 saturated heterocycles. The molecular formula is C18H23NO4. The number of hydrogen-bond donors (Lipinski definition) is 1. The third-order valence-corrected chi connectivity index (χ3v) is 4.60. The Kier molecular flexibility index (Phi) is 4.55. The van der Waals surface area contributed by atoms with Crippen LogP contribution in [0.2, 0.25) is 0 Å². The first kappa shape index (κ1) is 15.8. The zero-order valence-corrected chi connectivity index (χ0v) is 13.7. The Bertz CT molecular complexity index is 606. The van der Waals surface area contributed by atoms with Gasteiger partial charge in [-0.3, -0.25) is 5.32 Å². The maximum atomic E-state index is 12.2. The molecule has 0 aromatic heterocycles. The average molecular weight is 317 g/mol. The largest absolute Gasteiger partial charge is 0.463 e. The Morgan fingerprint density at radius 3 is 2.30 bits per heavy atom. The zero-order chi connectivity index (χ0) is 16.4. The Balaban J connectivity index is 1.76. The molecular weight excluding hydrogens is 294 g/mol. The third kappa shape index (κ3) is 3.19. The van der Waals surface area contributed by atoms with E-state index in [0.29, 0.717) is 0 Å². The van der Waals surface area contributed by atoms with Crippen molar-refractivity contribution in [3.63, 3.8) is 0 Å². The van der Waals surface area contributed by atoms with Crippen molar-refractivity contribution in [1.82, 2.24) is 0 Å². The fourth-order valence-electron chi connectivity index (χ4n) is 3.57. The van der Waals surface area contributed by atoms with Crippen molar-refractivity contribution < 1.29 is 19.1 Å². The lowest BCUT2D eigenvalue weighted by atomic mass is 9.99. The molecule has 2 aliphatic rings. The van der Waals surface area contributed by atoms with E-state index in [0.717, 1.165) is 44.2 Å². The number of esters is 1. The molecule has 1 amide bonds. The Hall–Kier alpha value is -2.04. The molecule has 0 saturated carbocycles. The number of nitrogens with one attached hydrogen (secondary N) is 1. The van der Waals surface area contributed by atoms with Gasteiger partial charge in [-0.2, -0.15) is 0 Å². The van der Waals surface area contributed by atoms with Gasteiger partial charge in [0.25, 0.3) is 0 Å². The predicted octanol–water partition coefficient (Wildman–Crippen LogP) is 3.16. The van der Waals surface area contributed by atoms with E-state index >= 15 is 0 Å². The summed E-state index contributed by atoms with van der Waals surface area (Å²) in [5.41, 5.74) is 6.10. The van der Waals surface area contributed by atoms with Crippen LogP contribution >= 0.6 is 0 Å². The number of amides is 1. The highest BCUT2D eigenvalue weighted by molar-refractivity contribution is 5.90. The molecule has 0 fully saturated rings. The summed E-state index contributed by atoms with van der Waals surface area (Å²) >= 11 is 0. The van der Waals surface area contributed by atoms with Crippen LogP contribution in [-0.2, 0) is 40.0 Å². The molecule has 0 radical (unpaired) electrons. The van der Waals surface area contributed by atoms with E-state index in [9.17, 15) is 9.59 Å². The summed E-state index contributed by atoms with van der Waals surface area (Å²) in [5.74, 6) is -0.522. The number of hydrogen-bond acceptors (Lipinski definition) is 4. The number of anilines is 1. The van der Waals surface area contributed by atoms with E-state index in [1.807, 2.05) is 0 Å². The lowest BCUT2D eigenvalue weighted by Gasteiger charge is -2.17. The van der Waals surface area contributed by atoms with Gasteiger partial charge in [-0.05, 0) is 74.6 Å². The molecule has 1 atom stereocenters. The summed E-state index contributed by atoms with van der Waals surface area (Å²) in [6.07, 6.45) is 4.90. The van der Waals surface area contributed by atoms with Gasteiger partial charge in [0, 0.05) is 0 Å². The summed E-state index contributed by atoms with van der Waals surface area (Å²) in [6, 6.07) is 2.31. The number of aryl methyl sites for hydroxylation is 2. The topological polar surface area (TPSA) is 64.6 Å². The second kappa shape index (κ2) is 6.60. The second-order valence-corrected chi connectivity index (χ2v) is 6.16. The summed E-state index contributed by atoms with van der Waals surface area (Å²) < 4.78 is 10.0. The first-order chi connectivity index (χ1) is 11.1. The average Bonchev–Trinajstić information content (AvgIpc) is 3.15. The number of ether oxygens (including phenoxy) is 2. The molecule has 1 aromatic carbocycles. The lowest BCUT2D eigenvalue weighted by Crippen LogP contribution is -2.29. The first-order valence-corrected chi connectivity index (χ1v) is 8.41. The van der Waals surface area contributed by atoms with Gasteiger partial charge >= 0.3 is 12.1 Å². The SMILES string of the molecule is CCOC(=O)C(C)OC(=O)Nc1c2c(cc3c1CCC3)CCC2. The van der Waals surface area contributed by atoms with Crippen LogP contribution in [0.5, 0.6) is 0 Å². The molecule has 0 bridgehead atoms. The van der Waals surface area contributed by atoms with Gasteiger partial charge in [0.1, 0.15) is 0 Å². The van der Waals surface area contributed by atoms with E-state index in [4.69, 9.17) is 9.47 Å². The molecule has 1 aromatic rings. The summed E-state index contributed by atoms with van der Waals surface area (Å²) in [5, 5.41) is 2.90. The van der Waals surface area contributed by atoms with Gasteiger partial charge in [0.15, 0.2) is 6.10 Å². The van der Waals surface area contributed by atoms with Crippen LogP contribution < -0.4 is 5.32 Å². The van der Waals surface area contributed by atoms with Crippen molar-refractivity contribution >= 4 is 17.7 Å². The number of carbonyl (C=O) groups excluding carboxylic acids is 2. The first-order valence-electron chi connectivity index (χ1n) is 8.41. The zero-order valence-electron chi connectivity index (χ0n) is 13.7. The van der Waals surface area contributed by atoms with Crippen LogP contribution in [0.15, 0.2) is 6.07 Å². The van der Waals surface area contributed by atoms with E-state index in [1.54, 1.807) is 6.92 Å². The maximum absolute atomic E-state index is 12.2. The van der Waals surface area contributed by atoms with Gasteiger partial charge < -0.3 is 9.47 Å². The van der Waals surface area contributed by atoms with E-state index < -0.39 is 18.2 Å². The van der Waals surface area contributed by atoms with Crippen LogP contribution in [-0.4, -0.2) is 24.8 Å². The summed E-state index contributed by atoms with van der Waals surface area (Å²) in [7, 11) is 0. The minimum atomic E-state index is -0.903. The van der Waals surface area contributed by atoms with Crippen molar-refractivity contribution in [2.75, 3.05) is 11.9 Å². The van der Waals surface area contributed by atoms with Crippen LogP contribution in [0, 0.1) is 0 Å². The highest BCUT2D eigenvalue weighted by Crippen LogP contribution is 2.38. The van der Waals surface area contributed by atoms with Crippen LogP contribution in [0.25, 0.3) is 0 Å². The standard InChI is InChI=1S/C18H23NO4/c1-3-22-17(20)11(2)23-18(21)19-16-14-8-4-6-12(14)10-13-7-5-9-15(13)16/h10-11H,3-9H2,1-2H3,(H,19,21). The van der Waals surface area contributed by atoms with Gasteiger partial charge in [-0.1, -0.05) is 6.07 Å². The molecule has 5 heteroatoms. The highest BCUT2D eigenvalue weighted by atomic mass is 16.6. The highest BCUT2D eigenvalue weighted by Gasteiger charge is 2.26. The molecule has 3 rings (SSSR count). The summed E-state index contributed by atoms with van der Waals surface area (Å²) in [4.78, 5) is 23.8. The quantitative estimate of drug-likeness (QED) is 0.866. The Morgan fingerprint density at radius 2 is 1.74 bits per heavy atom. The minimum absolute atomic E-state index is 0.272. The normalized spacial score (nSPS) is 16.4. The number of fused-ring (bicyclic) bond motifs is 2. The fourth-order valence-corrected chi connectivity index (χ4v) is 3.57. The molecule has 1 N–H and O–H groups in total. The molecule has 0 heterocycles. The molecule has 0 aliphatic heterocycles.